The second kappa shape index (κ2) is 11.9. The Kier molecular flexibility index (Phi) is 8.98. The number of benzene rings is 2. The minimum Gasteiger partial charge on any atom is -0.326 e. The van der Waals surface area contributed by atoms with Crippen molar-refractivity contribution in [2.45, 2.75) is 58.3 Å². The predicted octanol–water partition coefficient (Wildman–Crippen LogP) is 6.04. The minimum atomic E-state index is -0.309. The van der Waals surface area contributed by atoms with Crippen LogP contribution in [0.4, 0.5) is 10.1 Å². The van der Waals surface area contributed by atoms with Gasteiger partial charge in [0.25, 0.3) is 0 Å². The number of nitrogens with zero attached hydrogens (tertiary/aromatic N) is 1. The molecule has 1 amide bonds. The van der Waals surface area contributed by atoms with Crippen LogP contribution in [-0.4, -0.2) is 36.2 Å². The van der Waals surface area contributed by atoms with E-state index in [9.17, 15) is 14.0 Å². The lowest BCUT2D eigenvalue weighted by Gasteiger charge is -2.32. The maximum absolute atomic E-state index is 13.0. The van der Waals surface area contributed by atoms with Crippen molar-refractivity contribution in [2.75, 3.05) is 25.0 Å². The summed E-state index contributed by atoms with van der Waals surface area (Å²) in [5.74, 6) is 0.350. The Balaban J connectivity index is 1.34. The molecule has 172 valence electrons. The maximum Gasteiger partial charge on any atom is 0.226 e. The second-order valence-corrected chi connectivity index (χ2v) is 9.13. The Morgan fingerprint density at radius 2 is 1.75 bits per heavy atom. The average molecular weight is 439 g/mol. The molecule has 1 saturated heterocycles. The molecule has 1 N–H and O–H groups in total. The lowest BCUT2D eigenvalue weighted by atomic mass is 9.89. The van der Waals surface area contributed by atoms with Gasteiger partial charge in [-0.05, 0) is 93.2 Å². The Labute approximate surface area is 191 Å². The van der Waals surface area contributed by atoms with Crippen LogP contribution in [0, 0.1) is 11.7 Å². The van der Waals surface area contributed by atoms with Crippen molar-refractivity contribution >= 4 is 17.4 Å². The first kappa shape index (κ1) is 24.1. The zero-order valence-corrected chi connectivity index (χ0v) is 19.3. The number of Topliss-reactive ketones (excluding diaryl/α,β-unsaturated/α-hetero) is 1. The van der Waals surface area contributed by atoms with Gasteiger partial charge in [-0.15, -0.1) is 0 Å². The van der Waals surface area contributed by atoms with E-state index in [1.165, 1.54) is 17.7 Å². The summed E-state index contributed by atoms with van der Waals surface area (Å²) in [6.07, 6.45) is 5.79. The Bertz CT molecular complexity index is 887. The molecule has 0 radical (unpaired) electrons. The number of hydrogen-bond donors (Lipinski definition) is 1. The molecule has 0 aromatic heterocycles. The molecule has 2 aromatic rings. The van der Waals surface area contributed by atoms with Crippen LogP contribution in [0.3, 0.4) is 0 Å². The fourth-order valence-electron chi connectivity index (χ4n) is 4.22. The fourth-order valence-corrected chi connectivity index (χ4v) is 4.22. The third-order valence-electron chi connectivity index (χ3n) is 6.28. The first-order valence-electron chi connectivity index (χ1n) is 11.8. The van der Waals surface area contributed by atoms with Gasteiger partial charge in [0.2, 0.25) is 5.91 Å². The van der Waals surface area contributed by atoms with Crippen molar-refractivity contribution in [3.8, 4) is 0 Å². The molecule has 0 saturated carbocycles. The predicted molar refractivity (Wildman–Crippen MR) is 128 cm³/mol. The lowest BCUT2D eigenvalue weighted by molar-refractivity contribution is -0.118. The molecule has 1 aliphatic heterocycles. The van der Waals surface area contributed by atoms with E-state index in [0.717, 1.165) is 57.4 Å². The summed E-state index contributed by atoms with van der Waals surface area (Å²) in [6.45, 7) is 7.04. The quantitative estimate of drug-likeness (QED) is 0.363. The zero-order chi connectivity index (χ0) is 22.9. The number of nitrogens with one attached hydrogen (secondary N) is 1. The van der Waals surface area contributed by atoms with Crippen molar-refractivity contribution in [2.24, 2.45) is 5.92 Å². The molecule has 2 aromatic carbocycles. The molecule has 0 bridgehead atoms. The van der Waals surface area contributed by atoms with Gasteiger partial charge < -0.3 is 10.2 Å². The van der Waals surface area contributed by atoms with Crippen LogP contribution in [0.25, 0.3) is 0 Å². The van der Waals surface area contributed by atoms with Gasteiger partial charge in [-0.2, -0.15) is 0 Å². The third-order valence-corrected chi connectivity index (χ3v) is 6.28. The summed E-state index contributed by atoms with van der Waals surface area (Å²) in [4.78, 5) is 26.6. The van der Waals surface area contributed by atoms with Gasteiger partial charge in [0.15, 0.2) is 5.78 Å². The molecule has 1 heterocycles. The molecule has 1 fully saturated rings. The lowest BCUT2D eigenvalue weighted by Crippen LogP contribution is -2.33. The van der Waals surface area contributed by atoms with Crippen LogP contribution >= 0.6 is 0 Å². The summed E-state index contributed by atoms with van der Waals surface area (Å²) >= 11 is 0. The summed E-state index contributed by atoms with van der Waals surface area (Å²) in [7, 11) is 0. The van der Waals surface area contributed by atoms with Crippen molar-refractivity contribution < 1.29 is 14.0 Å². The molecule has 0 aliphatic carbocycles. The zero-order valence-electron chi connectivity index (χ0n) is 19.3. The van der Waals surface area contributed by atoms with E-state index in [2.05, 4.69) is 22.3 Å². The number of piperidine rings is 1. The van der Waals surface area contributed by atoms with E-state index in [4.69, 9.17) is 0 Å². The van der Waals surface area contributed by atoms with E-state index < -0.39 is 0 Å². The summed E-state index contributed by atoms with van der Waals surface area (Å²) in [6, 6.07) is 14.1. The molecule has 0 atom stereocenters. The van der Waals surface area contributed by atoms with Gasteiger partial charge in [0, 0.05) is 23.6 Å². The highest BCUT2D eigenvalue weighted by Crippen LogP contribution is 2.29. The average Bonchev–Trinajstić information content (AvgIpc) is 2.79. The summed E-state index contributed by atoms with van der Waals surface area (Å²) in [5.41, 5.74) is 2.80. The molecule has 1 aliphatic rings. The largest absolute Gasteiger partial charge is 0.326 e. The van der Waals surface area contributed by atoms with E-state index in [1.807, 2.05) is 26.0 Å². The first-order chi connectivity index (χ1) is 15.4. The number of ketones is 1. The van der Waals surface area contributed by atoms with Crippen molar-refractivity contribution in [1.82, 2.24) is 4.90 Å². The van der Waals surface area contributed by atoms with Crippen molar-refractivity contribution in [3.63, 3.8) is 0 Å². The third kappa shape index (κ3) is 7.27. The second-order valence-electron chi connectivity index (χ2n) is 9.13. The molecule has 0 unspecified atom stereocenters. The first-order valence-corrected chi connectivity index (χ1v) is 11.8. The molecular formula is C27H35FN2O2. The molecule has 5 heteroatoms. The molecule has 0 spiro atoms. The number of unbranched alkanes of at least 4 members (excludes halogenated alkanes) is 2. The van der Waals surface area contributed by atoms with Gasteiger partial charge in [0.1, 0.15) is 5.82 Å². The van der Waals surface area contributed by atoms with Gasteiger partial charge >= 0.3 is 0 Å². The number of hydrogen-bond acceptors (Lipinski definition) is 3. The number of halogens is 1. The van der Waals surface area contributed by atoms with Crippen molar-refractivity contribution in [1.29, 1.82) is 0 Å². The molecule has 3 rings (SSSR count). The van der Waals surface area contributed by atoms with Gasteiger partial charge in [-0.3, -0.25) is 9.59 Å². The number of rotatable bonds is 10. The van der Waals surface area contributed by atoms with Crippen LogP contribution in [0.5, 0.6) is 0 Å². The monoisotopic (exact) mass is 438 g/mol. The number of likely N-dealkylation sites (tertiary alicyclic amines) is 1. The summed E-state index contributed by atoms with van der Waals surface area (Å²) < 4.78 is 13.0. The van der Waals surface area contributed by atoms with E-state index >= 15 is 0 Å². The topological polar surface area (TPSA) is 49.4 Å². The van der Waals surface area contributed by atoms with E-state index in [1.54, 1.807) is 12.1 Å². The number of carbonyl (C=O) groups excluding carboxylic acids is 2. The minimum absolute atomic E-state index is 0.0251. The highest BCUT2D eigenvalue weighted by atomic mass is 19.1. The SMILES string of the molecule is CC(C)C(=O)Nc1cccc(C2CCN(CCCCCC(=O)c3ccc(F)cc3)CC2)c1. The summed E-state index contributed by atoms with van der Waals surface area (Å²) in [5, 5.41) is 3.00. The Morgan fingerprint density at radius 1 is 1.03 bits per heavy atom. The van der Waals surface area contributed by atoms with E-state index in [0.29, 0.717) is 17.9 Å². The van der Waals surface area contributed by atoms with Crippen LogP contribution in [0.2, 0.25) is 0 Å². The standard InChI is InChI=1S/C27H35FN2O2/c1-20(2)27(32)29-25-8-6-7-23(19-25)21-14-17-30(18-15-21)16-5-3-4-9-26(31)22-10-12-24(28)13-11-22/h6-8,10-13,19-21H,3-5,9,14-18H2,1-2H3,(H,29,32). The normalized spacial score (nSPS) is 15.1. The maximum atomic E-state index is 13.0. The van der Waals surface area contributed by atoms with Gasteiger partial charge in [0.05, 0.1) is 0 Å². The molecule has 4 nitrogen and oxygen atoms in total. The van der Waals surface area contributed by atoms with Gasteiger partial charge in [-0.1, -0.05) is 32.4 Å². The van der Waals surface area contributed by atoms with Crippen LogP contribution in [-0.2, 0) is 4.79 Å². The Hall–Kier alpha value is -2.53. The highest BCUT2D eigenvalue weighted by molar-refractivity contribution is 5.96. The highest BCUT2D eigenvalue weighted by Gasteiger charge is 2.20. The van der Waals surface area contributed by atoms with E-state index in [-0.39, 0.29) is 23.4 Å². The number of amides is 1. The fraction of sp³-hybridized carbons (Fsp3) is 0.481. The Morgan fingerprint density at radius 3 is 2.44 bits per heavy atom. The number of carbonyl (C=O) groups is 2. The molecular weight excluding hydrogens is 403 g/mol. The van der Waals surface area contributed by atoms with Crippen molar-refractivity contribution in [3.05, 3.63) is 65.5 Å². The van der Waals surface area contributed by atoms with Crippen LogP contribution in [0.15, 0.2) is 48.5 Å². The van der Waals surface area contributed by atoms with Crippen LogP contribution in [0.1, 0.15) is 74.2 Å². The smallest absolute Gasteiger partial charge is 0.226 e. The molecule has 32 heavy (non-hydrogen) atoms. The van der Waals surface area contributed by atoms with Crippen LogP contribution < -0.4 is 5.32 Å². The number of anilines is 1. The van der Waals surface area contributed by atoms with Gasteiger partial charge in [-0.25, -0.2) is 4.39 Å².